The van der Waals surface area contributed by atoms with Crippen molar-refractivity contribution in [3.8, 4) is 0 Å². The van der Waals surface area contributed by atoms with Crippen molar-refractivity contribution in [2.45, 2.75) is 38.5 Å². The number of hydrogen-bond acceptors (Lipinski definition) is 7. The summed E-state index contributed by atoms with van der Waals surface area (Å²) in [6.45, 7) is 0.0733. The monoisotopic (exact) mass is 471 g/mol. The highest BCUT2D eigenvalue weighted by molar-refractivity contribution is 5.72. The van der Waals surface area contributed by atoms with Gasteiger partial charge in [-0.3, -0.25) is 33.9 Å². The molecule has 0 aromatic rings. The zero-order valence-corrected chi connectivity index (χ0v) is 19.1. The second-order valence-corrected chi connectivity index (χ2v) is 8.48. The Labute approximate surface area is 194 Å². The quantitative estimate of drug-likeness (QED) is 0.209. The van der Waals surface area contributed by atoms with Crippen molar-refractivity contribution in [3.63, 3.8) is 0 Å². The summed E-state index contributed by atoms with van der Waals surface area (Å²) in [6, 6.07) is 0. The molecule has 1 atom stereocenters. The van der Waals surface area contributed by atoms with E-state index in [0.29, 0.717) is 19.0 Å². The van der Waals surface area contributed by atoms with Crippen LogP contribution in [0.25, 0.3) is 0 Å². The molecule has 11 nitrogen and oxygen atoms in total. The van der Waals surface area contributed by atoms with Gasteiger partial charge in [-0.25, -0.2) is 0 Å². The highest BCUT2D eigenvalue weighted by Gasteiger charge is 2.18. The molecular formula is C22H37N3O8. The Kier molecular flexibility index (Phi) is 14.0. The number of carbonyl (C=O) groups is 4. The maximum Gasteiger partial charge on any atom is 0.317 e. The molecule has 0 heterocycles. The Morgan fingerprint density at radius 2 is 1.12 bits per heavy atom. The summed E-state index contributed by atoms with van der Waals surface area (Å²) in [7, 11) is 0. The summed E-state index contributed by atoms with van der Waals surface area (Å²) in [6.07, 6.45) is 10.8. The van der Waals surface area contributed by atoms with Gasteiger partial charge in [0.2, 0.25) is 0 Å². The van der Waals surface area contributed by atoms with Gasteiger partial charge in [0.1, 0.15) is 0 Å². The van der Waals surface area contributed by atoms with Crippen molar-refractivity contribution in [2.75, 3.05) is 58.9 Å². The van der Waals surface area contributed by atoms with Gasteiger partial charge in [0, 0.05) is 26.2 Å². The van der Waals surface area contributed by atoms with E-state index in [1.807, 2.05) is 0 Å². The van der Waals surface area contributed by atoms with Crippen LogP contribution in [0.5, 0.6) is 0 Å². The van der Waals surface area contributed by atoms with Crippen molar-refractivity contribution in [2.24, 2.45) is 5.92 Å². The van der Waals surface area contributed by atoms with Crippen molar-refractivity contribution >= 4 is 23.9 Å². The maximum absolute atomic E-state index is 11.3. The summed E-state index contributed by atoms with van der Waals surface area (Å²) >= 11 is 0. The lowest BCUT2D eigenvalue weighted by molar-refractivity contribution is -0.143. The van der Waals surface area contributed by atoms with E-state index in [1.54, 1.807) is 9.80 Å². The van der Waals surface area contributed by atoms with Gasteiger partial charge in [-0.05, 0) is 51.0 Å². The van der Waals surface area contributed by atoms with E-state index in [9.17, 15) is 29.4 Å². The third-order valence-corrected chi connectivity index (χ3v) is 5.61. The molecule has 0 amide bonds. The number of hydrogen-bond donors (Lipinski definition) is 4. The second-order valence-electron chi connectivity index (χ2n) is 8.48. The summed E-state index contributed by atoms with van der Waals surface area (Å²) < 4.78 is 0. The first-order valence-corrected chi connectivity index (χ1v) is 11.3. The molecule has 0 radical (unpaired) electrons. The fraction of sp³-hybridized carbons (Fsp3) is 0.727. The fourth-order valence-electron chi connectivity index (χ4n) is 4.00. The molecule has 188 valence electrons. The minimum Gasteiger partial charge on any atom is -0.480 e. The number of allylic oxidation sites excluding steroid dienone is 2. The molecule has 0 bridgehead atoms. The molecular weight excluding hydrogens is 434 g/mol. The van der Waals surface area contributed by atoms with E-state index in [2.05, 4.69) is 12.2 Å². The summed E-state index contributed by atoms with van der Waals surface area (Å²) in [4.78, 5) is 49.0. The molecule has 0 saturated heterocycles. The number of carboxylic acid groups (broad SMARTS) is 4. The molecule has 0 aliphatic heterocycles. The zero-order chi connectivity index (χ0) is 24.6. The highest BCUT2D eigenvalue weighted by atomic mass is 16.4. The Morgan fingerprint density at radius 3 is 1.64 bits per heavy atom. The molecule has 1 aliphatic rings. The topological polar surface area (TPSA) is 159 Å². The van der Waals surface area contributed by atoms with Gasteiger partial charge in [0.05, 0.1) is 26.2 Å². The Morgan fingerprint density at radius 1 is 0.667 bits per heavy atom. The molecule has 11 heteroatoms. The Balaban J connectivity index is 2.59. The first-order chi connectivity index (χ1) is 15.7. The van der Waals surface area contributed by atoms with Gasteiger partial charge in [0.25, 0.3) is 0 Å². The zero-order valence-electron chi connectivity index (χ0n) is 19.1. The molecule has 0 aromatic carbocycles. The van der Waals surface area contributed by atoms with Gasteiger partial charge in [-0.15, -0.1) is 0 Å². The molecule has 4 N–H and O–H groups in total. The van der Waals surface area contributed by atoms with Crippen molar-refractivity contribution in [1.29, 1.82) is 0 Å². The predicted molar refractivity (Wildman–Crippen MR) is 120 cm³/mol. The van der Waals surface area contributed by atoms with E-state index < -0.39 is 37.0 Å². The SMILES string of the molecule is O=C(O)CN(CCCC1CC=CCCC1)CCN(CCN(CC(=O)O)CC(=O)O)CC(=O)O. The van der Waals surface area contributed by atoms with E-state index in [1.165, 1.54) is 17.7 Å². The van der Waals surface area contributed by atoms with E-state index >= 15 is 0 Å². The predicted octanol–water partition coefficient (Wildman–Crippen LogP) is 0.757. The fourth-order valence-corrected chi connectivity index (χ4v) is 4.00. The maximum atomic E-state index is 11.3. The first kappa shape index (κ1) is 28.5. The number of carboxylic acids is 4. The van der Waals surface area contributed by atoms with Crippen LogP contribution in [0.4, 0.5) is 0 Å². The third kappa shape index (κ3) is 15.1. The molecule has 0 spiro atoms. The van der Waals surface area contributed by atoms with Crippen LogP contribution in [0, 0.1) is 5.92 Å². The number of nitrogens with zero attached hydrogens (tertiary/aromatic N) is 3. The van der Waals surface area contributed by atoms with Crippen LogP contribution < -0.4 is 0 Å². The van der Waals surface area contributed by atoms with Crippen molar-refractivity contribution in [1.82, 2.24) is 14.7 Å². The first-order valence-electron chi connectivity index (χ1n) is 11.3. The van der Waals surface area contributed by atoms with E-state index in [4.69, 9.17) is 10.2 Å². The summed E-state index contributed by atoms with van der Waals surface area (Å²) in [5.41, 5.74) is 0. The minimum absolute atomic E-state index is 0.0695. The Bertz CT molecular complexity index is 654. The lowest BCUT2D eigenvalue weighted by Gasteiger charge is -2.28. The van der Waals surface area contributed by atoms with Crippen LogP contribution in [0.1, 0.15) is 38.5 Å². The third-order valence-electron chi connectivity index (χ3n) is 5.61. The van der Waals surface area contributed by atoms with Crippen LogP contribution in [-0.2, 0) is 19.2 Å². The lowest BCUT2D eigenvalue weighted by atomic mass is 9.95. The lowest BCUT2D eigenvalue weighted by Crippen LogP contribution is -2.44. The average Bonchev–Trinajstić information content (AvgIpc) is 2.96. The van der Waals surface area contributed by atoms with Crippen molar-refractivity contribution < 1.29 is 39.6 Å². The normalized spacial score (nSPS) is 16.3. The molecule has 0 fully saturated rings. The van der Waals surface area contributed by atoms with E-state index in [0.717, 1.165) is 25.7 Å². The molecule has 0 aromatic heterocycles. The molecule has 1 rings (SSSR count). The highest BCUT2D eigenvalue weighted by Crippen LogP contribution is 2.22. The number of rotatable bonds is 18. The van der Waals surface area contributed by atoms with Crippen LogP contribution in [0.2, 0.25) is 0 Å². The summed E-state index contributed by atoms with van der Waals surface area (Å²) in [5.74, 6) is -3.75. The number of aliphatic carboxylic acids is 4. The van der Waals surface area contributed by atoms with Gasteiger partial charge in [-0.1, -0.05) is 12.2 Å². The van der Waals surface area contributed by atoms with Gasteiger partial charge in [-0.2, -0.15) is 0 Å². The molecule has 33 heavy (non-hydrogen) atoms. The minimum atomic E-state index is -1.17. The molecule has 1 aliphatic carbocycles. The largest absolute Gasteiger partial charge is 0.480 e. The van der Waals surface area contributed by atoms with Crippen LogP contribution in [-0.4, -0.2) is 118 Å². The van der Waals surface area contributed by atoms with Gasteiger partial charge >= 0.3 is 23.9 Å². The van der Waals surface area contributed by atoms with Crippen LogP contribution >= 0.6 is 0 Å². The van der Waals surface area contributed by atoms with Crippen LogP contribution in [0.15, 0.2) is 12.2 Å². The average molecular weight is 472 g/mol. The van der Waals surface area contributed by atoms with E-state index in [-0.39, 0.29) is 32.7 Å². The second kappa shape index (κ2) is 16.2. The molecule has 0 saturated carbocycles. The van der Waals surface area contributed by atoms with Gasteiger partial charge in [0.15, 0.2) is 0 Å². The summed E-state index contributed by atoms with van der Waals surface area (Å²) in [5, 5.41) is 36.4. The molecule has 1 unspecified atom stereocenters. The van der Waals surface area contributed by atoms with Crippen LogP contribution in [0.3, 0.4) is 0 Å². The van der Waals surface area contributed by atoms with Gasteiger partial charge < -0.3 is 20.4 Å². The smallest absolute Gasteiger partial charge is 0.317 e. The standard InChI is InChI=1S/C22H37N3O8/c26-19(27)14-23(9-5-8-18-6-3-1-2-4-7-18)10-11-24(15-20(28)29)12-13-25(16-21(30)31)17-22(32)33/h1,3,18H,2,4-17H2,(H,26,27)(H,28,29)(H,30,31)(H,32,33). The Hall–Kier alpha value is -2.50. The van der Waals surface area contributed by atoms with Crippen molar-refractivity contribution in [3.05, 3.63) is 12.2 Å².